The first-order valence-electron chi connectivity index (χ1n) is 14.6. The lowest BCUT2D eigenvalue weighted by atomic mass is 10.0. The summed E-state index contributed by atoms with van der Waals surface area (Å²) < 4.78 is 50.2. The van der Waals surface area contributed by atoms with Gasteiger partial charge in [0.2, 0.25) is 10.0 Å². The van der Waals surface area contributed by atoms with E-state index in [9.17, 15) is 23.1 Å². The van der Waals surface area contributed by atoms with Crippen molar-refractivity contribution < 1.29 is 42.1 Å². The SMILES string of the molecule is CCOC(=O)CS(=O)(=O)Nc1cc(OC)c(OC2CCN(C(=O)OC(C)(C)C)CC2)cc1CC(O)/C=C/c1cccc(C#N)c1. The fourth-order valence-electron chi connectivity index (χ4n) is 4.57. The highest BCUT2D eigenvalue weighted by Crippen LogP contribution is 2.36. The Morgan fingerprint density at radius 2 is 1.89 bits per heavy atom. The van der Waals surface area contributed by atoms with Gasteiger partial charge in [-0.25, -0.2) is 13.2 Å². The Kier molecular flexibility index (Phi) is 12.2. The fourth-order valence-corrected chi connectivity index (χ4v) is 5.56. The Balaban J connectivity index is 1.85. The number of hydrogen-bond acceptors (Lipinski definition) is 10. The van der Waals surface area contributed by atoms with Crippen molar-refractivity contribution in [1.82, 2.24) is 4.90 Å². The number of aliphatic hydroxyl groups is 1. The molecule has 0 spiro atoms. The molecule has 0 saturated carbocycles. The Morgan fingerprint density at radius 1 is 1.18 bits per heavy atom. The molecule has 0 bridgehead atoms. The molecule has 45 heavy (non-hydrogen) atoms. The molecule has 1 atom stereocenters. The first kappa shape index (κ1) is 35.2. The van der Waals surface area contributed by atoms with Gasteiger partial charge in [-0.05, 0) is 57.0 Å². The summed E-state index contributed by atoms with van der Waals surface area (Å²) in [6.45, 7) is 7.89. The first-order chi connectivity index (χ1) is 21.2. The number of anilines is 1. The second kappa shape index (κ2) is 15.6. The third-order valence-electron chi connectivity index (χ3n) is 6.61. The van der Waals surface area contributed by atoms with E-state index in [1.165, 1.54) is 19.3 Å². The Hall–Kier alpha value is -4.28. The molecule has 2 aromatic rings. The van der Waals surface area contributed by atoms with Crippen LogP contribution in [0.4, 0.5) is 10.5 Å². The maximum absolute atomic E-state index is 12.8. The van der Waals surface area contributed by atoms with Crippen molar-refractivity contribution >= 4 is 33.8 Å². The molecule has 1 fully saturated rings. The number of benzene rings is 2. The number of esters is 1. The summed E-state index contributed by atoms with van der Waals surface area (Å²) in [7, 11) is -2.76. The van der Waals surface area contributed by atoms with E-state index in [1.807, 2.05) is 20.8 Å². The van der Waals surface area contributed by atoms with Crippen LogP contribution in [-0.4, -0.2) is 80.9 Å². The van der Waals surface area contributed by atoms with Crippen molar-refractivity contribution in [1.29, 1.82) is 5.26 Å². The Morgan fingerprint density at radius 3 is 2.51 bits per heavy atom. The van der Waals surface area contributed by atoms with Crippen LogP contribution < -0.4 is 14.2 Å². The number of nitriles is 1. The summed E-state index contributed by atoms with van der Waals surface area (Å²) >= 11 is 0. The van der Waals surface area contributed by atoms with Crippen molar-refractivity contribution in [2.45, 2.75) is 64.8 Å². The number of hydrogen-bond donors (Lipinski definition) is 2. The Bertz CT molecular complexity index is 1520. The smallest absolute Gasteiger partial charge is 0.410 e. The van der Waals surface area contributed by atoms with Crippen LogP contribution >= 0.6 is 0 Å². The summed E-state index contributed by atoms with van der Waals surface area (Å²) in [5, 5.41) is 20.1. The van der Waals surface area contributed by atoms with Crippen molar-refractivity contribution in [2.24, 2.45) is 0 Å². The summed E-state index contributed by atoms with van der Waals surface area (Å²) in [5.74, 6) is -1.23. The van der Waals surface area contributed by atoms with E-state index in [2.05, 4.69) is 10.8 Å². The van der Waals surface area contributed by atoms with E-state index in [4.69, 9.17) is 24.2 Å². The average molecular weight is 644 g/mol. The second-order valence-corrected chi connectivity index (χ2v) is 13.2. The fraction of sp³-hybridized carbons (Fsp3) is 0.469. The zero-order valence-corrected chi connectivity index (χ0v) is 27.1. The molecule has 2 aromatic carbocycles. The van der Waals surface area contributed by atoms with Crippen LogP contribution in [0.25, 0.3) is 6.08 Å². The molecule has 1 unspecified atom stereocenters. The van der Waals surface area contributed by atoms with Gasteiger partial charge >= 0.3 is 12.1 Å². The van der Waals surface area contributed by atoms with Crippen LogP contribution in [0, 0.1) is 11.3 Å². The number of rotatable bonds is 12. The molecule has 12 nitrogen and oxygen atoms in total. The molecule has 1 saturated heterocycles. The van der Waals surface area contributed by atoms with E-state index in [-0.39, 0.29) is 36.7 Å². The van der Waals surface area contributed by atoms with Crippen LogP contribution in [0.2, 0.25) is 0 Å². The number of carbonyl (C=O) groups is 2. The van der Waals surface area contributed by atoms with Crippen molar-refractivity contribution in [3.05, 3.63) is 59.2 Å². The standard InChI is InChI=1S/C32H41N3O9S/c1-6-42-30(37)21-45(39,40)34-27-19-28(41-5)29(43-26-12-14-35(15-13-26)31(38)44-32(2,3)4)18-24(27)17-25(36)11-10-22-8-7-9-23(16-22)20-33/h7-11,16,18-19,25-26,34,36H,6,12-15,17,21H2,1-5H3/b11-10+. The van der Waals surface area contributed by atoms with Crippen molar-refractivity contribution in [2.75, 3.05) is 37.3 Å². The van der Waals surface area contributed by atoms with Crippen molar-refractivity contribution in [3.8, 4) is 17.6 Å². The van der Waals surface area contributed by atoms with Gasteiger partial charge in [0, 0.05) is 38.4 Å². The number of amides is 1. The van der Waals surface area contributed by atoms with Gasteiger partial charge in [-0.1, -0.05) is 24.3 Å². The van der Waals surface area contributed by atoms with Crippen molar-refractivity contribution in [3.63, 3.8) is 0 Å². The summed E-state index contributed by atoms with van der Waals surface area (Å²) in [6, 6.07) is 12.0. The van der Waals surface area contributed by atoms with Gasteiger partial charge in [-0.3, -0.25) is 9.52 Å². The Labute approximate surface area is 264 Å². The van der Waals surface area contributed by atoms with Crippen LogP contribution in [-0.2, 0) is 30.7 Å². The average Bonchev–Trinajstić information content (AvgIpc) is 2.96. The monoisotopic (exact) mass is 643 g/mol. The van der Waals surface area contributed by atoms with E-state index in [0.29, 0.717) is 48.4 Å². The molecular weight excluding hydrogens is 602 g/mol. The number of nitrogens with zero attached hydrogens (tertiary/aromatic N) is 2. The van der Waals surface area contributed by atoms with Gasteiger partial charge in [0.05, 0.1) is 37.1 Å². The van der Waals surface area contributed by atoms with E-state index in [1.54, 1.807) is 48.2 Å². The number of nitrogens with one attached hydrogen (secondary N) is 1. The molecule has 2 N–H and O–H groups in total. The van der Waals surface area contributed by atoms with Gasteiger partial charge in [-0.2, -0.15) is 5.26 Å². The normalized spacial score (nSPS) is 14.8. The molecular formula is C32H41N3O9S. The largest absolute Gasteiger partial charge is 0.493 e. The van der Waals surface area contributed by atoms with E-state index in [0.717, 1.165) is 0 Å². The predicted molar refractivity (Wildman–Crippen MR) is 168 cm³/mol. The summed E-state index contributed by atoms with van der Waals surface area (Å²) in [4.78, 5) is 26.0. The molecule has 1 aliphatic rings. The number of ether oxygens (including phenoxy) is 4. The molecule has 1 heterocycles. The first-order valence-corrected chi connectivity index (χ1v) is 16.2. The quantitative estimate of drug-likeness (QED) is 0.319. The summed E-state index contributed by atoms with van der Waals surface area (Å²) in [5.41, 5.74) is 1.06. The second-order valence-electron chi connectivity index (χ2n) is 11.5. The number of likely N-dealkylation sites (tertiary alicyclic amines) is 1. The van der Waals surface area contributed by atoms with Crippen LogP contribution in [0.3, 0.4) is 0 Å². The molecule has 1 aliphatic heterocycles. The number of aliphatic hydroxyl groups excluding tert-OH is 1. The lowest BCUT2D eigenvalue weighted by molar-refractivity contribution is -0.139. The van der Waals surface area contributed by atoms with Gasteiger partial charge in [0.1, 0.15) is 11.7 Å². The molecule has 3 rings (SSSR count). The predicted octanol–water partition coefficient (Wildman–Crippen LogP) is 4.27. The maximum Gasteiger partial charge on any atom is 0.410 e. The third kappa shape index (κ3) is 11.3. The van der Waals surface area contributed by atoms with Gasteiger partial charge < -0.3 is 29.0 Å². The van der Waals surface area contributed by atoms with Gasteiger partial charge in [0.15, 0.2) is 17.3 Å². The maximum atomic E-state index is 12.8. The minimum Gasteiger partial charge on any atom is -0.493 e. The third-order valence-corrected chi connectivity index (χ3v) is 7.76. The number of methoxy groups -OCH3 is 1. The minimum atomic E-state index is -4.17. The number of sulfonamides is 1. The minimum absolute atomic E-state index is 0.0247. The highest BCUT2D eigenvalue weighted by molar-refractivity contribution is 7.93. The zero-order chi connectivity index (χ0) is 33.2. The van der Waals surface area contributed by atoms with E-state index >= 15 is 0 Å². The molecule has 13 heteroatoms. The van der Waals surface area contributed by atoms with E-state index < -0.39 is 33.5 Å². The highest BCUT2D eigenvalue weighted by Gasteiger charge is 2.29. The molecule has 244 valence electrons. The zero-order valence-electron chi connectivity index (χ0n) is 26.2. The molecule has 0 aromatic heterocycles. The summed E-state index contributed by atoms with van der Waals surface area (Å²) in [6.07, 6.45) is 2.51. The number of carbonyl (C=O) groups excluding carboxylic acids is 2. The lowest BCUT2D eigenvalue weighted by Crippen LogP contribution is -2.44. The molecule has 0 aliphatic carbocycles. The van der Waals surface area contributed by atoms with Crippen LogP contribution in [0.5, 0.6) is 11.5 Å². The topological polar surface area (TPSA) is 164 Å². The van der Waals surface area contributed by atoms with Crippen LogP contribution in [0.1, 0.15) is 57.2 Å². The van der Waals surface area contributed by atoms with Gasteiger partial charge in [0.25, 0.3) is 0 Å². The lowest BCUT2D eigenvalue weighted by Gasteiger charge is -2.33. The highest BCUT2D eigenvalue weighted by atomic mass is 32.2. The van der Waals surface area contributed by atoms with Crippen LogP contribution in [0.15, 0.2) is 42.5 Å². The molecule has 0 radical (unpaired) electrons. The van der Waals surface area contributed by atoms with Gasteiger partial charge in [-0.15, -0.1) is 0 Å². The number of piperidine rings is 1. The molecule has 1 amide bonds.